The minimum Gasteiger partial charge on any atom is -0.468 e. The van der Waals surface area contributed by atoms with Crippen LogP contribution in [0, 0.1) is 12.3 Å². The fourth-order valence-corrected chi connectivity index (χ4v) is 2.70. The molecule has 0 unspecified atom stereocenters. The Balaban J connectivity index is 2.45. The van der Waals surface area contributed by atoms with Crippen LogP contribution in [0.25, 0.3) is 0 Å². The summed E-state index contributed by atoms with van der Waals surface area (Å²) in [5.41, 5.74) is 1.11. The van der Waals surface area contributed by atoms with E-state index in [1.165, 1.54) is 7.11 Å². The zero-order valence-corrected chi connectivity index (χ0v) is 11.4. The summed E-state index contributed by atoms with van der Waals surface area (Å²) in [6.07, 6.45) is 1.99. The van der Waals surface area contributed by atoms with Gasteiger partial charge in [0.2, 0.25) is 0 Å². The first-order valence-corrected chi connectivity index (χ1v) is 6.40. The van der Waals surface area contributed by atoms with Crippen molar-refractivity contribution in [2.75, 3.05) is 7.11 Å². The Morgan fingerprint density at radius 2 is 1.89 bits per heavy atom. The molecule has 3 heteroatoms. The second-order valence-corrected chi connectivity index (χ2v) is 5.05. The van der Waals surface area contributed by atoms with Gasteiger partial charge in [-0.2, -0.15) is 0 Å². The van der Waals surface area contributed by atoms with Crippen molar-refractivity contribution < 1.29 is 14.3 Å². The lowest BCUT2D eigenvalue weighted by Crippen LogP contribution is -2.39. The highest BCUT2D eigenvalue weighted by atomic mass is 16.5. The minimum absolute atomic E-state index is 0.193. The van der Waals surface area contributed by atoms with E-state index in [-0.39, 0.29) is 5.78 Å². The van der Waals surface area contributed by atoms with Gasteiger partial charge >= 0.3 is 5.97 Å². The van der Waals surface area contributed by atoms with E-state index in [2.05, 4.69) is 6.58 Å². The molecule has 1 aromatic carbocycles. The molecule has 0 N–H and O–H groups in total. The zero-order valence-electron chi connectivity index (χ0n) is 11.4. The maximum atomic E-state index is 12.7. The number of carbonyl (C=O) groups excluding carboxylic acids is 2. The number of ketones is 1. The van der Waals surface area contributed by atoms with Crippen molar-refractivity contribution >= 4 is 11.8 Å². The Morgan fingerprint density at radius 1 is 1.26 bits per heavy atom. The summed E-state index contributed by atoms with van der Waals surface area (Å²) < 4.78 is 4.85. The number of benzene rings is 1. The van der Waals surface area contributed by atoms with Crippen molar-refractivity contribution in [3.63, 3.8) is 0 Å². The molecule has 1 saturated carbocycles. The van der Waals surface area contributed by atoms with Crippen molar-refractivity contribution in [1.29, 1.82) is 0 Å². The maximum absolute atomic E-state index is 12.7. The highest BCUT2D eigenvalue weighted by molar-refractivity contribution is 6.15. The largest absolute Gasteiger partial charge is 0.468 e. The summed E-state index contributed by atoms with van der Waals surface area (Å²) in [5, 5.41) is 0. The molecule has 0 aliphatic heterocycles. The third kappa shape index (κ3) is 2.09. The fraction of sp³-hybridized carbons (Fsp3) is 0.375. The van der Waals surface area contributed by atoms with Crippen LogP contribution in [-0.4, -0.2) is 18.9 Å². The molecule has 3 nitrogen and oxygen atoms in total. The van der Waals surface area contributed by atoms with Gasteiger partial charge in [0.1, 0.15) is 0 Å². The molecule has 0 bridgehead atoms. The van der Waals surface area contributed by atoms with Gasteiger partial charge in [-0.3, -0.25) is 9.59 Å². The molecule has 1 aliphatic carbocycles. The zero-order chi connectivity index (χ0) is 14.0. The maximum Gasteiger partial charge on any atom is 0.323 e. The summed E-state index contributed by atoms with van der Waals surface area (Å²) in [6.45, 7) is 5.88. The van der Waals surface area contributed by atoms with E-state index in [0.717, 1.165) is 12.0 Å². The smallest absolute Gasteiger partial charge is 0.323 e. The van der Waals surface area contributed by atoms with E-state index in [4.69, 9.17) is 4.74 Å². The molecule has 100 valence electrons. The summed E-state index contributed by atoms with van der Waals surface area (Å²) in [7, 11) is 1.32. The molecule has 0 heterocycles. The molecule has 1 aromatic rings. The molecule has 2 rings (SSSR count). The Kier molecular flexibility index (Phi) is 3.56. The molecule has 1 fully saturated rings. The van der Waals surface area contributed by atoms with Gasteiger partial charge in [0, 0.05) is 5.56 Å². The van der Waals surface area contributed by atoms with Gasteiger partial charge in [0.15, 0.2) is 11.2 Å². The number of aryl methyl sites for hydroxylation is 1. The van der Waals surface area contributed by atoms with E-state index in [0.29, 0.717) is 24.0 Å². The molecule has 0 amide bonds. The van der Waals surface area contributed by atoms with Crippen LogP contribution in [0.3, 0.4) is 0 Å². The second kappa shape index (κ2) is 5.00. The van der Waals surface area contributed by atoms with Crippen LogP contribution in [0.4, 0.5) is 0 Å². The summed E-state index contributed by atoms with van der Waals surface area (Å²) in [6, 6.07) is 7.26. The van der Waals surface area contributed by atoms with Crippen molar-refractivity contribution in [3.8, 4) is 0 Å². The number of esters is 1. The van der Waals surface area contributed by atoms with Crippen LogP contribution in [-0.2, 0) is 9.53 Å². The Bertz CT molecular complexity index is 527. The lowest BCUT2D eigenvalue weighted by molar-refractivity contribution is -0.147. The summed E-state index contributed by atoms with van der Waals surface area (Å²) in [4.78, 5) is 24.9. The molecule has 1 atom stereocenters. The molecule has 0 spiro atoms. The Morgan fingerprint density at radius 3 is 2.37 bits per heavy atom. The van der Waals surface area contributed by atoms with Crippen molar-refractivity contribution in [2.24, 2.45) is 5.41 Å². The topological polar surface area (TPSA) is 43.4 Å². The van der Waals surface area contributed by atoms with Gasteiger partial charge in [-0.15, -0.1) is 0 Å². The Hall–Kier alpha value is -1.90. The monoisotopic (exact) mass is 258 g/mol. The summed E-state index contributed by atoms with van der Waals surface area (Å²) >= 11 is 0. The average Bonchev–Trinajstić information content (AvgIpc) is 2.80. The van der Waals surface area contributed by atoms with Gasteiger partial charge in [0.25, 0.3) is 0 Å². The normalized spacial score (nSPS) is 22.3. The quantitative estimate of drug-likeness (QED) is 0.362. The first kappa shape index (κ1) is 13.5. The van der Waals surface area contributed by atoms with Crippen LogP contribution < -0.4 is 0 Å². The van der Waals surface area contributed by atoms with Gasteiger partial charge in [-0.1, -0.05) is 42.0 Å². The van der Waals surface area contributed by atoms with Crippen LogP contribution in [0.1, 0.15) is 35.2 Å². The predicted molar refractivity (Wildman–Crippen MR) is 72.9 cm³/mol. The number of hydrogen-bond donors (Lipinski definition) is 0. The van der Waals surface area contributed by atoms with Crippen molar-refractivity contribution in [3.05, 3.63) is 47.5 Å². The van der Waals surface area contributed by atoms with Crippen molar-refractivity contribution in [2.45, 2.75) is 26.2 Å². The van der Waals surface area contributed by atoms with E-state index in [1.54, 1.807) is 12.1 Å². The highest BCUT2D eigenvalue weighted by Gasteiger charge is 2.51. The number of carbonyl (C=O) groups is 2. The number of Topliss-reactive ketones (excluding diaryl/α,β-unsaturated/α-hetero) is 1. The fourth-order valence-electron chi connectivity index (χ4n) is 2.70. The number of rotatable bonds is 3. The third-order valence-electron chi connectivity index (χ3n) is 3.87. The summed E-state index contributed by atoms with van der Waals surface area (Å²) in [5.74, 6) is -0.678. The van der Waals surface area contributed by atoms with E-state index in [1.807, 2.05) is 19.1 Å². The number of hydrogen-bond acceptors (Lipinski definition) is 3. The third-order valence-corrected chi connectivity index (χ3v) is 3.87. The minimum atomic E-state index is -1.18. The molecule has 19 heavy (non-hydrogen) atoms. The molecule has 0 aromatic heterocycles. The molecule has 0 radical (unpaired) electrons. The highest BCUT2D eigenvalue weighted by Crippen LogP contribution is 2.45. The van der Waals surface area contributed by atoms with Crippen molar-refractivity contribution in [1.82, 2.24) is 0 Å². The van der Waals surface area contributed by atoms with E-state index < -0.39 is 11.4 Å². The average molecular weight is 258 g/mol. The lowest BCUT2D eigenvalue weighted by atomic mass is 9.76. The van der Waals surface area contributed by atoms with Crippen LogP contribution in [0.5, 0.6) is 0 Å². The number of methoxy groups -OCH3 is 1. The molecule has 1 aliphatic rings. The number of ether oxygens (including phenoxy) is 1. The van der Waals surface area contributed by atoms with Crippen LogP contribution in [0.15, 0.2) is 36.4 Å². The van der Waals surface area contributed by atoms with Gasteiger partial charge in [-0.25, -0.2) is 0 Å². The van der Waals surface area contributed by atoms with Gasteiger partial charge in [-0.05, 0) is 26.2 Å². The molecular weight excluding hydrogens is 240 g/mol. The standard InChI is InChI=1S/C16H18O3/c1-11-6-8-13(9-7-11)14(17)16(15(18)19-3)10-4-5-12(16)2/h6-9H,2,4-5,10H2,1,3H3/t16-/m1/s1. The molecular formula is C16H18O3. The Labute approximate surface area is 113 Å². The van der Waals surface area contributed by atoms with Crippen LogP contribution in [0.2, 0.25) is 0 Å². The first-order chi connectivity index (χ1) is 9.02. The van der Waals surface area contributed by atoms with E-state index >= 15 is 0 Å². The van der Waals surface area contributed by atoms with Gasteiger partial charge in [0.05, 0.1) is 7.11 Å². The second-order valence-electron chi connectivity index (χ2n) is 5.05. The van der Waals surface area contributed by atoms with E-state index in [9.17, 15) is 9.59 Å². The SMILES string of the molecule is C=C1CCC[C@]1(C(=O)OC)C(=O)c1ccc(C)cc1. The van der Waals surface area contributed by atoms with Gasteiger partial charge < -0.3 is 4.74 Å². The lowest BCUT2D eigenvalue weighted by Gasteiger charge is -2.26. The van der Waals surface area contributed by atoms with Crippen LogP contribution >= 0.6 is 0 Å². The molecule has 0 saturated heterocycles. The first-order valence-electron chi connectivity index (χ1n) is 6.40. The predicted octanol–water partition coefficient (Wildman–Crippen LogP) is 3.08.